The van der Waals surface area contributed by atoms with Crippen LogP contribution in [0.4, 0.5) is 5.95 Å². The van der Waals surface area contributed by atoms with Crippen LogP contribution in [0.2, 0.25) is 0 Å². The van der Waals surface area contributed by atoms with E-state index in [1.54, 1.807) is 0 Å². The average molecular weight is 261 g/mol. The molecule has 2 atom stereocenters. The van der Waals surface area contributed by atoms with Gasteiger partial charge >= 0.3 is 0 Å². The van der Waals surface area contributed by atoms with Crippen molar-refractivity contribution in [3.8, 4) is 0 Å². The van der Waals surface area contributed by atoms with E-state index in [0.717, 1.165) is 11.9 Å². The molecule has 2 aliphatic carbocycles. The summed E-state index contributed by atoms with van der Waals surface area (Å²) >= 11 is 0. The fraction of sp³-hybridized carbons (Fsp3) is 0.812. The van der Waals surface area contributed by atoms with Gasteiger partial charge in [-0.2, -0.15) is 0 Å². The van der Waals surface area contributed by atoms with Gasteiger partial charge in [-0.3, -0.25) is 0 Å². The van der Waals surface area contributed by atoms with Crippen molar-refractivity contribution >= 4 is 5.95 Å². The van der Waals surface area contributed by atoms with E-state index in [0.29, 0.717) is 12.1 Å². The molecule has 1 N–H and O–H groups in total. The summed E-state index contributed by atoms with van der Waals surface area (Å²) in [6.45, 7) is 2.39. The van der Waals surface area contributed by atoms with E-state index in [1.807, 2.05) is 6.20 Å². The third-order valence-electron chi connectivity index (χ3n) is 4.91. The second kappa shape index (κ2) is 5.98. The molecule has 2 unspecified atom stereocenters. The van der Waals surface area contributed by atoms with Crippen LogP contribution in [0, 0.1) is 5.92 Å². The minimum absolute atomic E-state index is 0.649. The molecular weight excluding hydrogens is 234 g/mol. The topological polar surface area (TPSA) is 29.9 Å². The summed E-state index contributed by atoms with van der Waals surface area (Å²) < 4.78 is 2.41. The smallest absolute Gasteiger partial charge is 0.203 e. The van der Waals surface area contributed by atoms with E-state index in [9.17, 15) is 0 Å². The van der Waals surface area contributed by atoms with Gasteiger partial charge < -0.3 is 9.88 Å². The van der Waals surface area contributed by atoms with Crippen molar-refractivity contribution in [1.29, 1.82) is 0 Å². The number of aromatic nitrogens is 2. The quantitative estimate of drug-likeness (QED) is 0.875. The van der Waals surface area contributed by atoms with Crippen LogP contribution >= 0.6 is 0 Å². The summed E-state index contributed by atoms with van der Waals surface area (Å²) in [5.74, 6) is 1.98. The lowest BCUT2D eigenvalue weighted by atomic mass is 9.87. The Bertz CT molecular complexity index is 392. The van der Waals surface area contributed by atoms with E-state index in [2.05, 4.69) is 28.0 Å². The van der Waals surface area contributed by atoms with Crippen LogP contribution in [-0.4, -0.2) is 15.6 Å². The normalized spacial score (nSPS) is 29.3. The minimum atomic E-state index is 0.649. The van der Waals surface area contributed by atoms with Crippen LogP contribution in [-0.2, 0) is 0 Å². The van der Waals surface area contributed by atoms with Gasteiger partial charge in [0.15, 0.2) is 0 Å². The summed E-state index contributed by atoms with van der Waals surface area (Å²) in [5.41, 5.74) is 0. The van der Waals surface area contributed by atoms with Gasteiger partial charge in [-0.05, 0) is 31.6 Å². The van der Waals surface area contributed by atoms with Crippen molar-refractivity contribution in [2.24, 2.45) is 5.92 Å². The largest absolute Gasteiger partial charge is 0.353 e. The van der Waals surface area contributed by atoms with Gasteiger partial charge in [0.1, 0.15) is 0 Å². The van der Waals surface area contributed by atoms with Crippen LogP contribution in [0.5, 0.6) is 0 Å². The Balaban J connectivity index is 1.67. The Morgan fingerprint density at radius 3 is 2.74 bits per heavy atom. The highest BCUT2D eigenvalue weighted by atomic mass is 15.2. The third kappa shape index (κ3) is 3.13. The molecule has 0 bridgehead atoms. The Hall–Kier alpha value is -0.990. The number of anilines is 1. The van der Waals surface area contributed by atoms with E-state index in [-0.39, 0.29) is 0 Å². The molecule has 1 heterocycles. The van der Waals surface area contributed by atoms with Crippen molar-refractivity contribution in [2.75, 3.05) is 5.32 Å². The molecule has 3 rings (SSSR count). The monoisotopic (exact) mass is 261 g/mol. The van der Waals surface area contributed by atoms with Crippen molar-refractivity contribution in [2.45, 2.75) is 76.8 Å². The van der Waals surface area contributed by atoms with Crippen molar-refractivity contribution in [3.05, 3.63) is 12.4 Å². The predicted molar refractivity (Wildman–Crippen MR) is 79.4 cm³/mol. The predicted octanol–water partition coefficient (Wildman–Crippen LogP) is 4.38. The highest BCUT2D eigenvalue weighted by molar-refractivity contribution is 5.28. The van der Waals surface area contributed by atoms with E-state index in [1.165, 1.54) is 57.8 Å². The molecule has 0 saturated heterocycles. The molecule has 0 spiro atoms. The van der Waals surface area contributed by atoms with Gasteiger partial charge in [-0.1, -0.05) is 39.0 Å². The van der Waals surface area contributed by atoms with Crippen LogP contribution in [0.3, 0.4) is 0 Å². The fourth-order valence-corrected chi connectivity index (χ4v) is 3.80. The Morgan fingerprint density at radius 1 is 1.11 bits per heavy atom. The Labute approximate surface area is 116 Å². The second-order valence-electron chi connectivity index (χ2n) is 6.56. The highest BCUT2D eigenvalue weighted by Crippen LogP contribution is 2.34. The second-order valence-corrected chi connectivity index (χ2v) is 6.56. The first-order valence-electron chi connectivity index (χ1n) is 8.12. The lowest BCUT2D eigenvalue weighted by molar-refractivity contribution is 0.283. The molecule has 106 valence electrons. The number of nitrogens with zero attached hydrogens (tertiary/aromatic N) is 2. The standard InChI is InChI=1S/C16H27N3/c1-13-6-5-9-15(12-13)19-11-10-17-16(19)18-14-7-3-2-4-8-14/h10-11,13-15H,2-9,12H2,1H3,(H,17,18). The maximum atomic E-state index is 4.56. The summed E-state index contributed by atoms with van der Waals surface area (Å²) in [6.07, 6.45) is 16.3. The van der Waals surface area contributed by atoms with Crippen molar-refractivity contribution in [3.63, 3.8) is 0 Å². The van der Waals surface area contributed by atoms with Gasteiger partial charge in [0.2, 0.25) is 5.95 Å². The molecule has 0 radical (unpaired) electrons. The SMILES string of the molecule is CC1CCCC(n2ccnc2NC2CCCCC2)C1. The van der Waals surface area contributed by atoms with Gasteiger partial charge in [0.05, 0.1) is 0 Å². The first-order chi connectivity index (χ1) is 9.33. The lowest BCUT2D eigenvalue weighted by Gasteiger charge is -2.30. The first-order valence-corrected chi connectivity index (χ1v) is 8.12. The molecule has 2 fully saturated rings. The molecule has 2 saturated carbocycles. The number of imidazole rings is 1. The summed E-state index contributed by atoms with van der Waals surface area (Å²) in [6, 6.07) is 1.31. The van der Waals surface area contributed by atoms with Gasteiger partial charge in [-0.15, -0.1) is 0 Å². The summed E-state index contributed by atoms with van der Waals surface area (Å²) in [4.78, 5) is 4.56. The zero-order valence-electron chi connectivity index (χ0n) is 12.1. The molecule has 19 heavy (non-hydrogen) atoms. The van der Waals surface area contributed by atoms with Gasteiger partial charge in [0, 0.05) is 24.5 Å². The van der Waals surface area contributed by atoms with Crippen LogP contribution in [0.15, 0.2) is 12.4 Å². The molecule has 0 aliphatic heterocycles. The van der Waals surface area contributed by atoms with Crippen LogP contribution < -0.4 is 5.32 Å². The zero-order valence-corrected chi connectivity index (χ0v) is 12.1. The fourth-order valence-electron chi connectivity index (χ4n) is 3.80. The van der Waals surface area contributed by atoms with Gasteiger partial charge in [0.25, 0.3) is 0 Å². The van der Waals surface area contributed by atoms with Crippen molar-refractivity contribution in [1.82, 2.24) is 9.55 Å². The van der Waals surface area contributed by atoms with E-state index in [4.69, 9.17) is 0 Å². The molecule has 0 aromatic carbocycles. The number of hydrogen-bond acceptors (Lipinski definition) is 2. The van der Waals surface area contributed by atoms with Crippen LogP contribution in [0.1, 0.15) is 70.8 Å². The van der Waals surface area contributed by atoms with E-state index < -0.39 is 0 Å². The van der Waals surface area contributed by atoms with E-state index >= 15 is 0 Å². The molecule has 1 aromatic rings. The Morgan fingerprint density at radius 2 is 1.95 bits per heavy atom. The molecule has 1 aromatic heterocycles. The van der Waals surface area contributed by atoms with Crippen LogP contribution in [0.25, 0.3) is 0 Å². The number of hydrogen-bond donors (Lipinski definition) is 1. The third-order valence-corrected chi connectivity index (χ3v) is 4.91. The maximum Gasteiger partial charge on any atom is 0.203 e. The highest BCUT2D eigenvalue weighted by Gasteiger charge is 2.23. The molecular formula is C16H27N3. The number of nitrogens with one attached hydrogen (secondary N) is 1. The molecule has 0 amide bonds. The first kappa shape index (κ1) is 13.0. The average Bonchev–Trinajstić information content (AvgIpc) is 2.88. The minimum Gasteiger partial charge on any atom is -0.353 e. The number of rotatable bonds is 3. The molecule has 2 aliphatic rings. The maximum absolute atomic E-state index is 4.56. The summed E-state index contributed by atoms with van der Waals surface area (Å²) in [7, 11) is 0. The lowest BCUT2D eigenvalue weighted by Crippen LogP contribution is -2.26. The zero-order chi connectivity index (χ0) is 13.1. The Kier molecular flexibility index (Phi) is 4.09. The molecule has 3 heteroatoms. The summed E-state index contributed by atoms with van der Waals surface area (Å²) in [5, 5.41) is 3.69. The van der Waals surface area contributed by atoms with Gasteiger partial charge in [-0.25, -0.2) is 4.98 Å². The van der Waals surface area contributed by atoms with Crippen molar-refractivity contribution < 1.29 is 0 Å². The molecule has 3 nitrogen and oxygen atoms in total.